The summed E-state index contributed by atoms with van der Waals surface area (Å²) < 4.78 is 11.5. The Morgan fingerprint density at radius 2 is 1.97 bits per heavy atom. The molecular formula is C22H21ClN2O4. The van der Waals surface area contributed by atoms with Crippen LogP contribution in [-0.2, 0) is 4.79 Å². The quantitative estimate of drug-likeness (QED) is 0.696. The summed E-state index contributed by atoms with van der Waals surface area (Å²) in [7, 11) is 0. The third kappa shape index (κ3) is 4.78. The number of aliphatic hydroxyl groups excluding tert-OH is 1. The Morgan fingerprint density at radius 3 is 2.76 bits per heavy atom. The van der Waals surface area contributed by atoms with Crippen LogP contribution in [0.25, 0.3) is 10.9 Å². The van der Waals surface area contributed by atoms with Crippen LogP contribution in [-0.4, -0.2) is 52.8 Å². The molecule has 0 radical (unpaired) electrons. The number of amides is 1. The summed E-state index contributed by atoms with van der Waals surface area (Å²) in [6.45, 7) is 0.625. The third-order valence-corrected chi connectivity index (χ3v) is 5.16. The number of pyridine rings is 1. The Balaban J connectivity index is 1.31. The number of nitrogens with zero attached hydrogens (tertiary/aromatic N) is 2. The predicted molar refractivity (Wildman–Crippen MR) is 110 cm³/mol. The van der Waals surface area contributed by atoms with Crippen LogP contribution < -0.4 is 9.47 Å². The minimum Gasteiger partial charge on any atom is -0.488 e. The molecule has 7 heteroatoms. The fourth-order valence-electron chi connectivity index (χ4n) is 3.34. The van der Waals surface area contributed by atoms with Gasteiger partial charge in [0.2, 0.25) is 0 Å². The van der Waals surface area contributed by atoms with Crippen LogP contribution in [0.4, 0.5) is 0 Å². The largest absolute Gasteiger partial charge is 0.488 e. The van der Waals surface area contributed by atoms with Crippen molar-refractivity contribution >= 4 is 28.4 Å². The second-order valence-corrected chi connectivity index (χ2v) is 7.39. The molecule has 1 aliphatic heterocycles. The number of hydrogen-bond donors (Lipinski definition) is 1. The van der Waals surface area contributed by atoms with Crippen molar-refractivity contribution in [3.05, 3.63) is 65.8 Å². The number of fused-ring (bicyclic) bond motifs is 1. The van der Waals surface area contributed by atoms with Crippen LogP contribution in [0.1, 0.15) is 6.42 Å². The van der Waals surface area contributed by atoms with E-state index >= 15 is 0 Å². The van der Waals surface area contributed by atoms with Crippen LogP contribution in [0, 0.1) is 0 Å². The normalized spacial score (nSPS) is 19.2. The summed E-state index contributed by atoms with van der Waals surface area (Å²) in [4.78, 5) is 18.3. The maximum atomic E-state index is 12.4. The maximum Gasteiger partial charge on any atom is 0.260 e. The number of piperidine rings is 1. The van der Waals surface area contributed by atoms with Crippen LogP contribution in [0.5, 0.6) is 11.5 Å². The minimum atomic E-state index is -0.771. The van der Waals surface area contributed by atoms with Crippen molar-refractivity contribution in [3.8, 4) is 11.5 Å². The van der Waals surface area contributed by atoms with E-state index in [0.717, 1.165) is 10.9 Å². The predicted octanol–water partition coefficient (Wildman–Crippen LogP) is 3.31. The lowest BCUT2D eigenvalue weighted by molar-refractivity contribution is -0.139. The average Bonchev–Trinajstić information content (AvgIpc) is 2.74. The minimum absolute atomic E-state index is 0.0858. The summed E-state index contributed by atoms with van der Waals surface area (Å²) in [5.74, 6) is 1.09. The van der Waals surface area contributed by atoms with Gasteiger partial charge in [0.25, 0.3) is 5.91 Å². The molecule has 2 atom stereocenters. The van der Waals surface area contributed by atoms with Crippen LogP contribution in [0.15, 0.2) is 60.8 Å². The summed E-state index contributed by atoms with van der Waals surface area (Å²) in [5, 5.41) is 12.1. The average molecular weight is 413 g/mol. The number of aromatic nitrogens is 1. The van der Waals surface area contributed by atoms with Gasteiger partial charge in [-0.1, -0.05) is 17.7 Å². The molecule has 29 heavy (non-hydrogen) atoms. The number of carbonyl (C=O) groups is 1. The van der Waals surface area contributed by atoms with Crippen LogP contribution in [0.2, 0.25) is 5.02 Å². The first-order chi connectivity index (χ1) is 14.1. The van der Waals surface area contributed by atoms with Gasteiger partial charge in [0, 0.05) is 29.6 Å². The molecule has 0 unspecified atom stereocenters. The zero-order valence-electron chi connectivity index (χ0n) is 15.7. The van der Waals surface area contributed by atoms with Gasteiger partial charge < -0.3 is 19.5 Å². The lowest BCUT2D eigenvalue weighted by atomic mass is 10.0. The van der Waals surface area contributed by atoms with Gasteiger partial charge in [0.1, 0.15) is 23.7 Å². The molecular weight excluding hydrogens is 392 g/mol. The molecule has 4 rings (SSSR count). The first kappa shape index (κ1) is 19.5. The fraction of sp³-hybridized carbons (Fsp3) is 0.273. The van der Waals surface area contributed by atoms with Gasteiger partial charge in [-0.05, 0) is 48.5 Å². The molecule has 1 aliphatic rings. The highest BCUT2D eigenvalue weighted by molar-refractivity contribution is 6.30. The Bertz CT molecular complexity index is 996. The molecule has 1 fully saturated rings. The van der Waals surface area contributed by atoms with E-state index in [1.54, 1.807) is 35.4 Å². The van der Waals surface area contributed by atoms with Crippen LogP contribution in [0.3, 0.4) is 0 Å². The summed E-state index contributed by atoms with van der Waals surface area (Å²) in [6, 6.07) is 16.3. The van der Waals surface area contributed by atoms with Gasteiger partial charge >= 0.3 is 0 Å². The lowest BCUT2D eigenvalue weighted by Gasteiger charge is -2.35. The smallest absolute Gasteiger partial charge is 0.260 e. The molecule has 1 saturated heterocycles. The summed E-state index contributed by atoms with van der Waals surface area (Å²) >= 11 is 5.84. The van der Waals surface area contributed by atoms with E-state index in [0.29, 0.717) is 29.5 Å². The zero-order chi connectivity index (χ0) is 20.2. The van der Waals surface area contributed by atoms with Crippen molar-refractivity contribution in [2.45, 2.75) is 18.6 Å². The number of benzene rings is 2. The SMILES string of the molecule is O=C(COc1ccc(Cl)cc1)N1CC[C@@H](Oc2ccc3ncccc3c2)[C@H](O)C1. The Morgan fingerprint density at radius 1 is 1.17 bits per heavy atom. The molecule has 2 heterocycles. The number of carbonyl (C=O) groups excluding carboxylic acids is 1. The highest BCUT2D eigenvalue weighted by Crippen LogP contribution is 2.23. The lowest BCUT2D eigenvalue weighted by Crippen LogP contribution is -2.52. The molecule has 0 aliphatic carbocycles. The van der Waals surface area contributed by atoms with Crippen molar-refractivity contribution in [2.24, 2.45) is 0 Å². The molecule has 0 spiro atoms. The van der Waals surface area contributed by atoms with Crippen molar-refractivity contribution in [3.63, 3.8) is 0 Å². The first-order valence-corrected chi connectivity index (χ1v) is 9.82. The molecule has 0 saturated carbocycles. The van der Waals surface area contributed by atoms with E-state index in [9.17, 15) is 9.90 Å². The van der Waals surface area contributed by atoms with Gasteiger partial charge in [0.05, 0.1) is 12.1 Å². The number of ether oxygens (including phenoxy) is 2. The zero-order valence-corrected chi connectivity index (χ0v) is 16.5. The van der Waals surface area contributed by atoms with Crippen molar-refractivity contribution in [1.29, 1.82) is 0 Å². The van der Waals surface area contributed by atoms with Crippen molar-refractivity contribution < 1.29 is 19.4 Å². The number of rotatable bonds is 5. The Kier molecular flexibility index (Phi) is 5.83. The second kappa shape index (κ2) is 8.68. The highest BCUT2D eigenvalue weighted by Gasteiger charge is 2.31. The third-order valence-electron chi connectivity index (χ3n) is 4.91. The van der Waals surface area contributed by atoms with E-state index in [1.165, 1.54) is 0 Å². The van der Waals surface area contributed by atoms with Crippen molar-refractivity contribution in [2.75, 3.05) is 19.7 Å². The standard InChI is InChI=1S/C22H21ClN2O4/c23-16-3-5-17(6-4-16)28-14-22(27)25-11-9-21(20(26)13-25)29-18-7-8-19-15(12-18)2-1-10-24-19/h1-8,10,12,20-21,26H,9,11,13-14H2/t20-,21-/m1/s1. The van der Waals surface area contributed by atoms with Crippen molar-refractivity contribution in [1.82, 2.24) is 9.88 Å². The monoisotopic (exact) mass is 412 g/mol. The molecule has 1 N–H and O–H groups in total. The van der Waals surface area contributed by atoms with E-state index < -0.39 is 6.10 Å². The molecule has 6 nitrogen and oxygen atoms in total. The number of halogens is 1. The van der Waals surface area contributed by atoms with Gasteiger partial charge in [-0.15, -0.1) is 0 Å². The van der Waals surface area contributed by atoms with Gasteiger partial charge in [-0.3, -0.25) is 9.78 Å². The van der Waals surface area contributed by atoms with Gasteiger partial charge in [-0.25, -0.2) is 0 Å². The summed E-state index contributed by atoms with van der Waals surface area (Å²) in [6.07, 6.45) is 1.15. The van der Waals surface area contributed by atoms with Crippen LogP contribution >= 0.6 is 11.6 Å². The van der Waals surface area contributed by atoms with Gasteiger partial charge in [-0.2, -0.15) is 0 Å². The van der Waals surface area contributed by atoms with E-state index in [1.807, 2.05) is 30.3 Å². The van der Waals surface area contributed by atoms with E-state index in [-0.39, 0.29) is 25.2 Å². The summed E-state index contributed by atoms with van der Waals surface area (Å²) in [5.41, 5.74) is 0.890. The second-order valence-electron chi connectivity index (χ2n) is 6.95. The maximum absolute atomic E-state index is 12.4. The highest BCUT2D eigenvalue weighted by atomic mass is 35.5. The first-order valence-electron chi connectivity index (χ1n) is 9.44. The van der Waals surface area contributed by atoms with Gasteiger partial charge in [0.15, 0.2) is 6.61 Å². The molecule has 1 aromatic heterocycles. The Labute approximate surface area is 173 Å². The number of β-amino-alcohol motifs (C(OH)–C–C–N with tert-alkyl or cyclic N) is 1. The number of aliphatic hydroxyl groups is 1. The number of likely N-dealkylation sites (tertiary alicyclic amines) is 1. The fourth-order valence-corrected chi connectivity index (χ4v) is 3.47. The molecule has 150 valence electrons. The molecule has 0 bridgehead atoms. The molecule has 1 amide bonds. The van der Waals surface area contributed by atoms with E-state index in [4.69, 9.17) is 21.1 Å². The molecule has 2 aromatic carbocycles. The Hall–Kier alpha value is -2.83. The molecule has 3 aromatic rings. The number of hydrogen-bond acceptors (Lipinski definition) is 5. The topological polar surface area (TPSA) is 71.9 Å². The van der Waals surface area contributed by atoms with E-state index in [2.05, 4.69) is 4.98 Å².